The molecule has 2 aliphatic carbocycles. The Morgan fingerprint density at radius 3 is 2.56 bits per heavy atom. The molecule has 0 bridgehead atoms. The predicted octanol–water partition coefficient (Wildman–Crippen LogP) is 2.10. The fraction of sp³-hybridized carbons (Fsp3) is 0.714. The highest BCUT2D eigenvalue weighted by Crippen LogP contribution is 2.26. The molecule has 0 heterocycles. The van der Waals surface area contributed by atoms with Gasteiger partial charge >= 0.3 is 5.97 Å². The SMILES string of the molecule is O=C(NC1CCCCC1C(=O)O)C1CC=CCC1. The summed E-state index contributed by atoms with van der Waals surface area (Å²) < 4.78 is 0. The molecule has 1 fully saturated rings. The van der Waals surface area contributed by atoms with Gasteiger partial charge in [-0.2, -0.15) is 0 Å². The zero-order valence-corrected chi connectivity index (χ0v) is 10.6. The predicted molar refractivity (Wildman–Crippen MR) is 68.0 cm³/mol. The van der Waals surface area contributed by atoms with E-state index in [0.717, 1.165) is 38.5 Å². The summed E-state index contributed by atoms with van der Waals surface area (Å²) in [6.45, 7) is 0. The van der Waals surface area contributed by atoms with E-state index < -0.39 is 11.9 Å². The fourth-order valence-corrected chi connectivity index (χ4v) is 2.93. The third-order valence-corrected chi connectivity index (χ3v) is 4.05. The molecule has 0 aromatic carbocycles. The summed E-state index contributed by atoms with van der Waals surface area (Å²) in [5, 5.41) is 12.1. The van der Waals surface area contributed by atoms with Gasteiger partial charge in [0.1, 0.15) is 0 Å². The number of amides is 1. The number of nitrogens with one attached hydrogen (secondary N) is 1. The molecule has 2 N–H and O–H groups in total. The van der Waals surface area contributed by atoms with Gasteiger partial charge in [0.25, 0.3) is 0 Å². The lowest BCUT2D eigenvalue weighted by molar-refractivity contribution is -0.144. The first kappa shape index (κ1) is 13.1. The Morgan fingerprint density at radius 2 is 1.89 bits per heavy atom. The van der Waals surface area contributed by atoms with Crippen LogP contribution in [0, 0.1) is 11.8 Å². The first-order chi connectivity index (χ1) is 8.68. The van der Waals surface area contributed by atoms with E-state index in [4.69, 9.17) is 5.11 Å². The minimum absolute atomic E-state index is 0.0337. The first-order valence-electron chi connectivity index (χ1n) is 6.86. The normalized spacial score (nSPS) is 31.9. The molecule has 0 aromatic rings. The van der Waals surface area contributed by atoms with Crippen molar-refractivity contribution in [1.82, 2.24) is 5.32 Å². The van der Waals surface area contributed by atoms with Crippen LogP contribution in [0.4, 0.5) is 0 Å². The van der Waals surface area contributed by atoms with Crippen LogP contribution in [0.3, 0.4) is 0 Å². The van der Waals surface area contributed by atoms with Gasteiger partial charge in [-0.15, -0.1) is 0 Å². The Kier molecular flexibility index (Phi) is 4.39. The summed E-state index contributed by atoms with van der Waals surface area (Å²) in [7, 11) is 0. The molecule has 1 saturated carbocycles. The first-order valence-corrected chi connectivity index (χ1v) is 6.86. The molecule has 0 spiro atoms. The van der Waals surface area contributed by atoms with Gasteiger partial charge in [-0.3, -0.25) is 9.59 Å². The van der Waals surface area contributed by atoms with Crippen LogP contribution in [0.25, 0.3) is 0 Å². The van der Waals surface area contributed by atoms with Gasteiger partial charge < -0.3 is 10.4 Å². The lowest BCUT2D eigenvalue weighted by Gasteiger charge is -2.30. The zero-order valence-electron chi connectivity index (χ0n) is 10.6. The minimum atomic E-state index is -0.775. The molecule has 0 radical (unpaired) electrons. The molecule has 100 valence electrons. The monoisotopic (exact) mass is 251 g/mol. The van der Waals surface area contributed by atoms with Crippen molar-refractivity contribution >= 4 is 11.9 Å². The number of aliphatic carboxylic acids is 1. The summed E-state index contributed by atoms with van der Waals surface area (Å²) in [6, 6.07) is -0.172. The third kappa shape index (κ3) is 3.12. The van der Waals surface area contributed by atoms with Gasteiger partial charge in [0, 0.05) is 12.0 Å². The summed E-state index contributed by atoms with van der Waals surface area (Å²) >= 11 is 0. The van der Waals surface area contributed by atoms with Crippen LogP contribution < -0.4 is 5.32 Å². The van der Waals surface area contributed by atoms with Crippen molar-refractivity contribution in [2.45, 2.75) is 51.0 Å². The van der Waals surface area contributed by atoms with Crippen LogP contribution in [-0.4, -0.2) is 23.0 Å². The van der Waals surface area contributed by atoms with E-state index in [-0.39, 0.29) is 17.9 Å². The molecule has 0 aromatic heterocycles. The topological polar surface area (TPSA) is 66.4 Å². The highest BCUT2D eigenvalue weighted by molar-refractivity contribution is 5.80. The molecule has 2 aliphatic rings. The van der Waals surface area contributed by atoms with Crippen molar-refractivity contribution in [2.24, 2.45) is 11.8 Å². The molecule has 4 heteroatoms. The van der Waals surface area contributed by atoms with Gasteiger partial charge in [-0.05, 0) is 32.1 Å². The van der Waals surface area contributed by atoms with Crippen molar-refractivity contribution in [3.63, 3.8) is 0 Å². The number of carbonyl (C=O) groups excluding carboxylic acids is 1. The molecule has 0 saturated heterocycles. The summed E-state index contributed by atoms with van der Waals surface area (Å²) in [4.78, 5) is 23.3. The third-order valence-electron chi connectivity index (χ3n) is 4.05. The maximum Gasteiger partial charge on any atom is 0.308 e. The minimum Gasteiger partial charge on any atom is -0.481 e. The van der Waals surface area contributed by atoms with Crippen molar-refractivity contribution in [3.8, 4) is 0 Å². The number of carboxylic acids is 1. The zero-order chi connectivity index (χ0) is 13.0. The highest BCUT2D eigenvalue weighted by atomic mass is 16.4. The van der Waals surface area contributed by atoms with E-state index in [0.29, 0.717) is 6.42 Å². The average Bonchev–Trinajstić information content (AvgIpc) is 2.40. The van der Waals surface area contributed by atoms with Crippen LogP contribution in [0.5, 0.6) is 0 Å². The molecule has 2 rings (SSSR count). The van der Waals surface area contributed by atoms with Crippen LogP contribution in [0.1, 0.15) is 44.9 Å². The maximum atomic E-state index is 12.1. The van der Waals surface area contributed by atoms with E-state index in [1.165, 1.54) is 0 Å². The van der Waals surface area contributed by atoms with Gasteiger partial charge in [-0.1, -0.05) is 25.0 Å². The lowest BCUT2D eigenvalue weighted by Crippen LogP contribution is -2.47. The standard InChI is InChI=1S/C14H21NO3/c16-13(10-6-2-1-3-7-10)15-12-9-5-4-8-11(12)14(17)18/h1-2,10-12H,3-9H2,(H,15,16)(H,17,18). The van der Waals surface area contributed by atoms with Crippen LogP contribution in [0.2, 0.25) is 0 Å². The van der Waals surface area contributed by atoms with Crippen molar-refractivity contribution in [1.29, 1.82) is 0 Å². The van der Waals surface area contributed by atoms with E-state index in [1.54, 1.807) is 0 Å². The van der Waals surface area contributed by atoms with Crippen LogP contribution in [0.15, 0.2) is 12.2 Å². The largest absolute Gasteiger partial charge is 0.481 e. The second-order valence-corrected chi connectivity index (χ2v) is 5.33. The lowest BCUT2D eigenvalue weighted by atomic mass is 9.83. The second-order valence-electron chi connectivity index (χ2n) is 5.33. The van der Waals surface area contributed by atoms with Crippen LogP contribution >= 0.6 is 0 Å². The van der Waals surface area contributed by atoms with Crippen molar-refractivity contribution in [2.75, 3.05) is 0 Å². The number of rotatable bonds is 3. The summed E-state index contributed by atoms with van der Waals surface area (Å²) in [5.41, 5.74) is 0. The fourth-order valence-electron chi connectivity index (χ4n) is 2.93. The van der Waals surface area contributed by atoms with Gasteiger partial charge in [0.15, 0.2) is 0 Å². The van der Waals surface area contributed by atoms with Gasteiger partial charge in [-0.25, -0.2) is 0 Å². The maximum absolute atomic E-state index is 12.1. The Balaban J connectivity index is 1.92. The number of hydrogen-bond donors (Lipinski definition) is 2. The summed E-state index contributed by atoms with van der Waals surface area (Å²) in [5.74, 6) is -1.10. The highest BCUT2D eigenvalue weighted by Gasteiger charge is 2.33. The molecule has 4 nitrogen and oxygen atoms in total. The number of allylic oxidation sites excluding steroid dienone is 2. The number of carboxylic acid groups (broad SMARTS) is 1. The molecule has 18 heavy (non-hydrogen) atoms. The van der Waals surface area contributed by atoms with E-state index in [1.807, 2.05) is 6.08 Å². The molecule has 0 aliphatic heterocycles. The van der Waals surface area contributed by atoms with Gasteiger partial charge in [0.2, 0.25) is 5.91 Å². The molecule has 3 atom stereocenters. The molecular weight excluding hydrogens is 230 g/mol. The van der Waals surface area contributed by atoms with Crippen molar-refractivity contribution in [3.05, 3.63) is 12.2 Å². The number of hydrogen-bond acceptors (Lipinski definition) is 2. The van der Waals surface area contributed by atoms with E-state index in [2.05, 4.69) is 11.4 Å². The Bertz CT molecular complexity index is 351. The number of carbonyl (C=O) groups is 2. The van der Waals surface area contributed by atoms with E-state index in [9.17, 15) is 9.59 Å². The molecular formula is C14H21NO3. The summed E-state index contributed by atoms with van der Waals surface area (Å²) in [6.07, 6.45) is 10.2. The molecule has 3 unspecified atom stereocenters. The average molecular weight is 251 g/mol. The Morgan fingerprint density at radius 1 is 1.11 bits per heavy atom. The van der Waals surface area contributed by atoms with Crippen LogP contribution in [-0.2, 0) is 9.59 Å². The van der Waals surface area contributed by atoms with E-state index >= 15 is 0 Å². The molecule has 1 amide bonds. The van der Waals surface area contributed by atoms with Gasteiger partial charge in [0.05, 0.1) is 5.92 Å². The smallest absolute Gasteiger partial charge is 0.308 e. The Hall–Kier alpha value is -1.32. The second kappa shape index (κ2) is 6.03. The quantitative estimate of drug-likeness (QED) is 0.755. The Labute approximate surface area is 107 Å². The van der Waals surface area contributed by atoms with Crippen molar-refractivity contribution < 1.29 is 14.7 Å².